The second-order valence-corrected chi connectivity index (χ2v) is 2.96. The quantitative estimate of drug-likeness (QED) is 0.463. The molecule has 2 heteroatoms. The number of hydrogen-bond acceptors (Lipinski definition) is 1. The van der Waals surface area contributed by atoms with E-state index in [0.717, 1.165) is 6.54 Å². The number of hydrogen-bond donors (Lipinski definition) is 2. The average Bonchev–Trinajstić information content (AvgIpc) is 2.05. The maximum absolute atomic E-state index is 3.26. The minimum absolute atomic E-state index is 1.07. The van der Waals surface area contributed by atoms with Crippen LogP contribution in [0.5, 0.6) is 0 Å². The van der Waals surface area contributed by atoms with Gasteiger partial charge in [-0.25, -0.2) is 0 Å². The van der Waals surface area contributed by atoms with Crippen LogP contribution >= 0.6 is 0 Å². The van der Waals surface area contributed by atoms with Crippen molar-refractivity contribution in [2.24, 2.45) is 0 Å². The van der Waals surface area contributed by atoms with Gasteiger partial charge in [0.05, 0.1) is 0 Å². The van der Waals surface area contributed by atoms with E-state index < -0.39 is 0 Å². The molecule has 1 heterocycles. The Labute approximate surface area is 61.0 Å². The van der Waals surface area contributed by atoms with Crippen LogP contribution in [-0.2, 0) is 0 Å². The average molecular weight is 137 g/mol. The van der Waals surface area contributed by atoms with E-state index in [4.69, 9.17) is 0 Å². The predicted octanol–water partition coefficient (Wildman–Crippen LogP) is -0.473. The summed E-state index contributed by atoms with van der Waals surface area (Å²) in [4.78, 5) is 3.19. The Morgan fingerprint density at radius 1 is 1.30 bits per heavy atom. The first kappa shape index (κ1) is 5.96. The molecule has 1 aliphatic carbocycles. The van der Waals surface area contributed by atoms with Gasteiger partial charge in [0.25, 0.3) is 0 Å². The predicted molar refractivity (Wildman–Crippen MR) is 40.5 cm³/mol. The molecular formula is C8H13N2+. The van der Waals surface area contributed by atoms with Crippen LogP contribution in [0.1, 0.15) is 25.7 Å². The topological polar surface area (TPSA) is 26.0 Å². The molecule has 54 valence electrons. The van der Waals surface area contributed by atoms with Crippen molar-refractivity contribution >= 4 is 6.34 Å². The summed E-state index contributed by atoms with van der Waals surface area (Å²) in [6, 6.07) is 0. The molecule has 0 unspecified atom stereocenters. The van der Waals surface area contributed by atoms with Gasteiger partial charge in [0.2, 0.25) is 6.34 Å². The Hall–Kier alpha value is -0.790. The van der Waals surface area contributed by atoms with E-state index in [1.165, 1.54) is 31.4 Å². The van der Waals surface area contributed by atoms with E-state index in [-0.39, 0.29) is 0 Å². The Bertz CT molecular complexity index is 171. The highest BCUT2D eigenvalue weighted by atomic mass is 15.0. The third kappa shape index (κ3) is 0.939. The van der Waals surface area contributed by atoms with Crippen molar-refractivity contribution in [2.75, 3.05) is 6.54 Å². The molecule has 0 aromatic rings. The van der Waals surface area contributed by atoms with Crippen LogP contribution in [0.25, 0.3) is 0 Å². The molecule has 2 nitrogen and oxygen atoms in total. The van der Waals surface area contributed by atoms with Crippen LogP contribution in [0, 0.1) is 0 Å². The van der Waals surface area contributed by atoms with Gasteiger partial charge >= 0.3 is 0 Å². The summed E-state index contributed by atoms with van der Waals surface area (Å²) in [6.45, 7) is 1.07. The van der Waals surface area contributed by atoms with Crippen LogP contribution in [0.3, 0.4) is 0 Å². The summed E-state index contributed by atoms with van der Waals surface area (Å²) < 4.78 is 0. The van der Waals surface area contributed by atoms with E-state index in [2.05, 4.69) is 10.3 Å². The first-order chi connectivity index (χ1) is 4.97. The second-order valence-electron chi connectivity index (χ2n) is 2.96. The Morgan fingerprint density at radius 3 is 3.10 bits per heavy atom. The minimum Gasteiger partial charge on any atom is -0.277 e. The first-order valence-corrected chi connectivity index (χ1v) is 3.99. The molecule has 0 atom stereocenters. The van der Waals surface area contributed by atoms with Crippen molar-refractivity contribution in [1.29, 1.82) is 0 Å². The van der Waals surface area contributed by atoms with Gasteiger partial charge in [-0.15, -0.1) is 0 Å². The van der Waals surface area contributed by atoms with Gasteiger partial charge < -0.3 is 0 Å². The summed E-state index contributed by atoms with van der Waals surface area (Å²) >= 11 is 0. The fourth-order valence-corrected chi connectivity index (χ4v) is 1.65. The van der Waals surface area contributed by atoms with Crippen molar-refractivity contribution in [1.82, 2.24) is 5.32 Å². The van der Waals surface area contributed by atoms with E-state index >= 15 is 0 Å². The lowest BCUT2D eigenvalue weighted by Crippen LogP contribution is -2.73. The molecule has 0 bridgehead atoms. The number of nitrogens with one attached hydrogen (secondary N) is 2. The maximum Gasteiger partial charge on any atom is 0.234 e. The molecule has 10 heavy (non-hydrogen) atoms. The highest BCUT2D eigenvalue weighted by molar-refractivity contribution is 5.52. The summed E-state index contributed by atoms with van der Waals surface area (Å²) in [5.41, 5.74) is 3.07. The monoisotopic (exact) mass is 137 g/mol. The van der Waals surface area contributed by atoms with E-state index in [9.17, 15) is 0 Å². The van der Waals surface area contributed by atoms with Crippen LogP contribution in [0.15, 0.2) is 11.3 Å². The first-order valence-electron chi connectivity index (χ1n) is 3.99. The second kappa shape index (κ2) is 2.45. The fraction of sp³-hybridized carbons (Fsp3) is 0.625. The van der Waals surface area contributed by atoms with E-state index in [1.54, 1.807) is 5.57 Å². The summed E-state index contributed by atoms with van der Waals surface area (Å²) in [7, 11) is 0. The van der Waals surface area contributed by atoms with Gasteiger partial charge in [0, 0.05) is 12.0 Å². The largest absolute Gasteiger partial charge is 0.277 e. The summed E-state index contributed by atoms with van der Waals surface area (Å²) in [5, 5.41) is 3.26. The van der Waals surface area contributed by atoms with E-state index in [0.29, 0.717) is 0 Å². The lowest BCUT2D eigenvalue weighted by Gasteiger charge is -2.16. The zero-order valence-electron chi connectivity index (χ0n) is 6.11. The van der Waals surface area contributed by atoms with Crippen LogP contribution in [0.4, 0.5) is 0 Å². The third-order valence-electron chi connectivity index (χ3n) is 2.25. The van der Waals surface area contributed by atoms with Crippen molar-refractivity contribution in [3.63, 3.8) is 0 Å². The van der Waals surface area contributed by atoms with Crippen molar-refractivity contribution in [2.45, 2.75) is 25.7 Å². The van der Waals surface area contributed by atoms with Gasteiger partial charge in [0.1, 0.15) is 12.2 Å². The molecule has 0 fully saturated rings. The van der Waals surface area contributed by atoms with Crippen molar-refractivity contribution in [3.05, 3.63) is 11.3 Å². The Balaban J connectivity index is 2.17. The Kier molecular flexibility index (Phi) is 1.46. The molecule has 0 radical (unpaired) electrons. The maximum atomic E-state index is 3.26. The number of rotatable bonds is 0. The van der Waals surface area contributed by atoms with Crippen molar-refractivity contribution in [3.8, 4) is 0 Å². The molecule has 0 aromatic carbocycles. The van der Waals surface area contributed by atoms with Gasteiger partial charge in [-0.2, -0.15) is 0 Å². The molecule has 0 aromatic heterocycles. The molecule has 2 rings (SSSR count). The number of allylic oxidation sites excluding steroid dienone is 1. The SMILES string of the molecule is C1=[NH+]CC2=C(CCCC2)N1. The molecule has 0 saturated carbocycles. The van der Waals surface area contributed by atoms with Crippen molar-refractivity contribution < 1.29 is 4.99 Å². The molecule has 2 aliphatic rings. The molecule has 0 spiro atoms. The zero-order chi connectivity index (χ0) is 6.81. The standard InChI is InChI=1S/C8H12N2/c1-2-4-8-7(3-1)5-9-6-10-8/h6H,1-5H2,(H,9,10)/p+1. The smallest absolute Gasteiger partial charge is 0.234 e. The lowest BCUT2D eigenvalue weighted by atomic mass is 9.96. The molecular weight excluding hydrogens is 124 g/mol. The van der Waals surface area contributed by atoms with Gasteiger partial charge in [-0.3, -0.25) is 10.3 Å². The van der Waals surface area contributed by atoms with Crippen LogP contribution in [0.2, 0.25) is 0 Å². The molecule has 0 saturated heterocycles. The fourth-order valence-electron chi connectivity index (χ4n) is 1.65. The Morgan fingerprint density at radius 2 is 2.20 bits per heavy atom. The van der Waals surface area contributed by atoms with Gasteiger partial charge in [-0.1, -0.05) is 0 Å². The molecule has 2 N–H and O–H groups in total. The normalized spacial score (nSPS) is 24.0. The summed E-state index contributed by atoms with van der Waals surface area (Å²) in [5.74, 6) is 0. The zero-order valence-corrected chi connectivity index (χ0v) is 6.11. The highest BCUT2D eigenvalue weighted by Gasteiger charge is 2.17. The molecule has 0 amide bonds. The van der Waals surface area contributed by atoms with E-state index in [1.807, 2.05) is 6.34 Å². The minimum atomic E-state index is 1.07. The van der Waals surface area contributed by atoms with Crippen LogP contribution in [-0.4, -0.2) is 12.9 Å². The third-order valence-corrected chi connectivity index (χ3v) is 2.25. The molecule has 1 aliphatic heterocycles. The highest BCUT2D eigenvalue weighted by Crippen LogP contribution is 2.21. The van der Waals surface area contributed by atoms with Crippen LogP contribution < -0.4 is 10.3 Å². The lowest BCUT2D eigenvalue weighted by molar-refractivity contribution is -0.446. The van der Waals surface area contributed by atoms with Gasteiger partial charge in [-0.05, 0) is 19.3 Å². The summed E-state index contributed by atoms with van der Waals surface area (Å²) in [6.07, 6.45) is 7.24. The van der Waals surface area contributed by atoms with Gasteiger partial charge in [0.15, 0.2) is 0 Å².